The number of rotatable bonds is 4. The van der Waals surface area contributed by atoms with Crippen molar-refractivity contribution in [3.63, 3.8) is 0 Å². The summed E-state index contributed by atoms with van der Waals surface area (Å²) in [4.78, 5) is 18.9. The second kappa shape index (κ2) is 6.22. The Labute approximate surface area is 137 Å². The van der Waals surface area contributed by atoms with Gasteiger partial charge in [0.15, 0.2) is 0 Å². The lowest BCUT2D eigenvalue weighted by molar-refractivity contribution is 0.0526. The molecule has 1 aromatic carbocycles. The van der Waals surface area contributed by atoms with Crippen LogP contribution in [0, 0.1) is 0 Å². The number of ether oxygens (including phenoxy) is 1. The number of benzene rings is 1. The summed E-state index contributed by atoms with van der Waals surface area (Å²) < 4.78 is 6.16. The van der Waals surface area contributed by atoms with E-state index in [2.05, 4.69) is 31.1 Å². The molecular weight excluding hydrogens is 346 g/mol. The lowest BCUT2D eigenvalue weighted by Gasteiger charge is -2.38. The Morgan fingerprint density at radius 2 is 2.27 bits per heavy atom. The van der Waals surface area contributed by atoms with Crippen molar-refractivity contribution in [2.75, 3.05) is 31.6 Å². The van der Waals surface area contributed by atoms with Crippen LogP contribution in [-0.2, 0) is 4.74 Å². The number of hydrogen-bond acceptors (Lipinski definition) is 5. The van der Waals surface area contributed by atoms with Crippen LogP contribution in [0.5, 0.6) is 0 Å². The molecule has 1 N–H and O–H groups in total. The number of nitrogens with one attached hydrogen (secondary N) is 1. The fraction of sp³-hybridized carbons (Fsp3) is 0.375. The van der Waals surface area contributed by atoms with E-state index in [0.717, 1.165) is 34.2 Å². The van der Waals surface area contributed by atoms with Crippen LogP contribution < -0.4 is 10.2 Å². The molecule has 5 nitrogen and oxygen atoms in total. The van der Waals surface area contributed by atoms with Gasteiger partial charge in [-0.05, 0) is 25.1 Å². The van der Waals surface area contributed by atoms with E-state index in [1.54, 1.807) is 6.20 Å². The van der Waals surface area contributed by atoms with Gasteiger partial charge in [0.1, 0.15) is 5.56 Å². The monoisotopic (exact) mass is 363 g/mol. The van der Waals surface area contributed by atoms with Crippen molar-refractivity contribution >= 4 is 38.5 Å². The number of likely N-dealkylation sites (N-methyl/N-ethyl adjacent to an activating group) is 1. The topological polar surface area (TPSA) is 54.5 Å². The molecule has 0 bridgehead atoms. The Morgan fingerprint density at radius 3 is 2.91 bits per heavy atom. The van der Waals surface area contributed by atoms with Gasteiger partial charge in [0.05, 0.1) is 23.9 Å². The van der Waals surface area contributed by atoms with E-state index < -0.39 is 0 Å². The molecule has 3 rings (SSSR count). The van der Waals surface area contributed by atoms with Crippen LogP contribution in [0.3, 0.4) is 0 Å². The van der Waals surface area contributed by atoms with Gasteiger partial charge in [0.25, 0.3) is 0 Å². The van der Waals surface area contributed by atoms with E-state index in [4.69, 9.17) is 4.74 Å². The second-order valence-electron chi connectivity index (χ2n) is 5.33. The summed E-state index contributed by atoms with van der Waals surface area (Å²) in [6, 6.07) is 6.28. The molecule has 1 aliphatic rings. The Kier molecular flexibility index (Phi) is 4.31. The largest absolute Gasteiger partial charge is 0.462 e. The van der Waals surface area contributed by atoms with Gasteiger partial charge < -0.3 is 15.0 Å². The van der Waals surface area contributed by atoms with E-state index in [0.29, 0.717) is 18.2 Å². The minimum absolute atomic E-state index is 0.328. The molecule has 1 aromatic heterocycles. The number of aromatic nitrogens is 1. The first-order chi connectivity index (χ1) is 10.6. The summed E-state index contributed by atoms with van der Waals surface area (Å²) in [6.45, 7) is 3.98. The predicted molar refractivity (Wildman–Crippen MR) is 90.5 cm³/mol. The minimum atomic E-state index is -0.328. The van der Waals surface area contributed by atoms with Gasteiger partial charge in [-0.3, -0.25) is 4.98 Å². The zero-order chi connectivity index (χ0) is 15.7. The third-order valence-corrected chi connectivity index (χ3v) is 4.45. The van der Waals surface area contributed by atoms with Crippen molar-refractivity contribution in [1.29, 1.82) is 0 Å². The highest BCUT2D eigenvalue weighted by atomic mass is 79.9. The van der Waals surface area contributed by atoms with E-state index >= 15 is 0 Å². The summed E-state index contributed by atoms with van der Waals surface area (Å²) in [5, 5.41) is 4.22. The number of carbonyl (C=O) groups is 1. The molecule has 2 aromatic rings. The van der Waals surface area contributed by atoms with Crippen molar-refractivity contribution in [3.8, 4) is 0 Å². The molecule has 1 fully saturated rings. The number of fused-ring (bicyclic) bond motifs is 1. The van der Waals surface area contributed by atoms with Gasteiger partial charge in [-0.15, -0.1) is 0 Å². The Hall–Kier alpha value is -1.66. The third-order valence-electron chi connectivity index (χ3n) is 3.96. The Morgan fingerprint density at radius 1 is 1.50 bits per heavy atom. The molecule has 116 valence electrons. The summed E-state index contributed by atoms with van der Waals surface area (Å²) in [5.41, 5.74) is 2.27. The van der Waals surface area contributed by atoms with Crippen molar-refractivity contribution < 1.29 is 9.53 Å². The van der Waals surface area contributed by atoms with Crippen LogP contribution in [0.4, 0.5) is 5.69 Å². The van der Waals surface area contributed by atoms with Crippen LogP contribution >= 0.6 is 15.9 Å². The number of pyridine rings is 1. The smallest absolute Gasteiger partial charge is 0.341 e. The van der Waals surface area contributed by atoms with Crippen molar-refractivity contribution in [2.24, 2.45) is 0 Å². The molecule has 6 heteroatoms. The van der Waals surface area contributed by atoms with Gasteiger partial charge in [0, 0.05) is 36.2 Å². The third kappa shape index (κ3) is 2.68. The van der Waals surface area contributed by atoms with E-state index in [1.165, 1.54) is 0 Å². The average molecular weight is 364 g/mol. The van der Waals surface area contributed by atoms with Gasteiger partial charge >= 0.3 is 5.97 Å². The molecule has 0 spiro atoms. The molecule has 1 saturated heterocycles. The highest BCUT2D eigenvalue weighted by Gasteiger charge is 2.27. The van der Waals surface area contributed by atoms with Crippen molar-refractivity contribution in [1.82, 2.24) is 10.3 Å². The molecular formula is C16H18BrN3O2. The van der Waals surface area contributed by atoms with Gasteiger partial charge in [0.2, 0.25) is 0 Å². The minimum Gasteiger partial charge on any atom is -0.462 e. The molecule has 22 heavy (non-hydrogen) atoms. The molecule has 0 unspecified atom stereocenters. The second-order valence-corrected chi connectivity index (χ2v) is 6.24. The van der Waals surface area contributed by atoms with Crippen LogP contribution in [0.15, 0.2) is 28.9 Å². The zero-order valence-corrected chi connectivity index (χ0v) is 14.2. The van der Waals surface area contributed by atoms with Crippen LogP contribution in [-0.4, -0.2) is 43.7 Å². The lowest BCUT2D eigenvalue weighted by atomic mass is 10.0. The summed E-state index contributed by atoms with van der Waals surface area (Å²) in [7, 11) is 2.02. The highest BCUT2D eigenvalue weighted by molar-refractivity contribution is 9.10. The zero-order valence-electron chi connectivity index (χ0n) is 12.6. The Bertz CT molecular complexity index is 716. The maximum absolute atomic E-state index is 12.3. The quantitative estimate of drug-likeness (QED) is 0.846. The molecule has 0 amide bonds. The summed E-state index contributed by atoms with van der Waals surface area (Å²) in [6.07, 6.45) is 1.62. The molecule has 0 aliphatic carbocycles. The maximum atomic E-state index is 12.3. The van der Waals surface area contributed by atoms with Gasteiger partial charge in [-0.25, -0.2) is 4.79 Å². The first-order valence-electron chi connectivity index (χ1n) is 7.30. The van der Waals surface area contributed by atoms with Crippen molar-refractivity contribution in [3.05, 3.63) is 34.4 Å². The fourth-order valence-corrected chi connectivity index (χ4v) is 2.98. The number of carbonyl (C=O) groups excluding carboxylic acids is 1. The number of nitrogens with zero attached hydrogens (tertiary/aromatic N) is 2. The van der Waals surface area contributed by atoms with E-state index in [9.17, 15) is 4.79 Å². The normalized spacial score (nSPS) is 14.7. The predicted octanol–water partition coefficient (Wildman–Crippen LogP) is 2.58. The Balaban J connectivity index is 2.18. The average Bonchev–Trinajstić information content (AvgIpc) is 2.44. The SMILES string of the molecule is CCOC(=O)c1cnc2ccc(Br)cc2c1N(C)C1CNC1. The molecule has 2 heterocycles. The molecule has 0 saturated carbocycles. The number of halogens is 1. The van der Waals surface area contributed by atoms with Crippen molar-refractivity contribution in [2.45, 2.75) is 13.0 Å². The van der Waals surface area contributed by atoms with E-state index in [-0.39, 0.29) is 5.97 Å². The maximum Gasteiger partial charge on any atom is 0.341 e. The first kappa shape index (κ1) is 15.2. The standard InChI is InChI=1S/C16H18BrN3O2/c1-3-22-16(21)13-9-19-14-5-4-10(17)6-12(14)15(13)20(2)11-7-18-8-11/h4-6,9,11,18H,3,7-8H2,1-2H3. The van der Waals surface area contributed by atoms with Crippen LogP contribution in [0.1, 0.15) is 17.3 Å². The number of esters is 1. The first-order valence-corrected chi connectivity index (χ1v) is 8.10. The fourth-order valence-electron chi connectivity index (χ4n) is 2.62. The van der Waals surface area contributed by atoms with E-state index in [1.807, 2.05) is 32.2 Å². The molecule has 1 aliphatic heterocycles. The lowest BCUT2D eigenvalue weighted by Crippen LogP contribution is -2.56. The van der Waals surface area contributed by atoms with Crippen LogP contribution in [0.2, 0.25) is 0 Å². The highest BCUT2D eigenvalue weighted by Crippen LogP contribution is 2.33. The molecule has 0 radical (unpaired) electrons. The van der Waals surface area contributed by atoms with Crippen LogP contribution in [0.25, 0.3) is 10.9 Å². The summed E-state index contributed by atoms with van der Waals surface area (Å²) in [5.74, 6) is -0.328. The summed E-state index contributed by atoms with van der Waals surface area (Å²) >= 11 is 3.50. The number of anilines is 1. The van der Waals surface area contributed by atoms with Gasteiger partial charge in [-0.2, -0.15) is 0 Å². The van der Waals surface area contributed by atoms with Gasteiger partial charge in [-0.1, -0.05) is 15.9 Å². The molecule has 0 atom stereocenters. The number of hydrogen-bond donors (Lipinski definition) is 1.